The molecule has 0 radical (unpaired) electrons. The van der Waals surface area contributed by atoms with E-state index in [0.717, 1.165) is 0 Å². The zero-order valence-corrected chi connectivity index (χ0v) is 11.5. The van der Waals surface area contributed by atoms with Crippen LogP contribution in [0.2, 0.25) is 10.0 Å². The number of aromatic nitrogens is 3. The number of nitriles is 1. The predicted octanol–water partition coefficient (Wildman–Crippen LogP) is 2.56. The lowest BCUT2D eigenvalue weighted by Gasteiger charge is -2.28. The molecule has 2 aromatic rings. The molecule has 1 N–H and O–H groups in total. The molecule has 1 aromatic heterocycles. The van der Waals surface area contributed by atoms with Gasteiger partial charge in [-0.3, -0.25) is 0 Å². The zero-order valence-electron chi connectivity index (χ0n) is 9.96. The molecule has 7 heteroatoms. The second-order valence-electron chi connectivity index (χ2n) is 4.17. The Morgan fingerprint density at radius 3 is 2.74 bits per heavy atom. The third kappa shape index (κ3) is 2.43. The molecular weight excluding hydrogens is 287 g/mol. The minimum Gasteiger partial charge on any atom is -0.385 e. The van der Waals surface area contributed by atoms with Crippen LogP contribution in [0.5, 0.6) is 0 Å². The molecule has 0 aliphatic heterocycles. The Balaban J connectivity index is 2.47. The van der Waals surface area contributed by atoms with Crippen LogP contribution in [0.4, 0.5) is 0 Å². The van der Waals surface area contributed by atoms with Crippen molar-refractivity contribution in [2.75, 3.05) is 0 Å². The van der Waals surface area contributed by atoms with Crippen LogP contribution < -0.4 is 0 Å². The monoisotopic (exact) mass is 296 g/mol. The summed E-state index contributed by atoms with van der Waals surface area (Å²) < 4.78 is 1.29. The van der Waals surface area contributed by atoms with Crippen LogP contribution in [0.15, 0.2) is 30.9 Å². The van der Waals surface area contributed by atoms with Crippen molar-refractivity contribution in [2.45, 2.75) is 18.6 Å². The Kier molecular flexibility index (Phi) is 3.76. The number of hydrogen-bond donors (Lipinski definition) is 1. The van der Waals surface area contributed by atoms with Crippen molar-refractivity contribution in [1.82, 2.24) is 14.8 Å². The van der Waals surface area contributed by atoms with E-state index in [1.54, 1.807) is 19.1 Å². The second kappa shape index (κ2) is 5.17. The molecule has 0 spiro atoms. The lowest BCUT2D eigenvalue weighted by atomic mass is 9.91. The van der Waals surface area contributed by atoms with Crippen LogP contribution in [-0.4, -0.2) is 19.9 Å². The Bertz CT molecular complexity index is 623. The van der Waals surface area contributed by atoms with Crippen LogP contribution in [0, 0.1) is 11.3 Å². The van der Waals surface area contributed by atoms with Crippen LogP contribution in [-0.2, 0) is 5.54 Å². The first-order chi connectivity index (χ1) is 8.99. The largest absolute Gasteiger partial charge is 0.385 e. The maximum absolute atomic E-state index is 10.4. The van der Waals surface area contributed by atoms with Gasteiger partial charge >= 0.3 is 0 Å². The van der Waals surface area contributed by atoms with Gasteiger partial charge in [-0.25, -0.2) is 9.67 Å². The highest BCUT2D eigenvalue weighted by atomic mass is 35.5. The van der Waals surface area contributed by atoms with Crippen LogP contribution in [0.25, 0.3) is 0 Å². The standard InChI is InChI=1S/C12H10Cl2N4O/c1-12(5-15,18-7-16-6-17-18)11(19)9-3-2-8(13)4-10(9)14/h2-4,6-7,11,19H,1H3. The van der Waals surface area contributed by atoms with Crippen LogP contribution >= 0.6 is 23.2 Å². The minimum atomic E-state index is -1.31. The maximum atomic E-state index is 10.4. The highest BCUT2D eigenvalue weighted by Gasteiger charge is 2.38. The summed E-state index contributed by atoms with van der Waals surface area (Å²) in [5.74, 6) is 0. The summed E-state index contributed by atoms with van der Waals surface area (Å²) in [5.41, 5.74) is -0.904. The number of aliphatic hydroxyl groups excluding tert-OH is 1. The summed E-state index contributed by atoms with van der Waals surface area (Å²) in [6.45, 7) is 1.55. The molecule has 19 heavy (non-hydrogen) atoms. The fourth-order valence-corrected chi connectivity index (χ4v) is 2.22. The smallest absolute Gasteiger partial charge is 0.177 e. The quantitative estimate of drug-likeness (QED) is 0.944. The van der Waals surface area contributed by atoms with Gasteiger partial charge in [0.15, 0.2) is 5.54 Å². The number of halogens is 2. The third-order valence-electron chi connectivity index (χ3n) is 2.91. The van der Waals surface area contributed by atoms with Gasteiger partial charge in [-0.1, -0.05) is 29.3 Å². The Morgan fingerprint density at radius 2 is 2.21 bits per heavy atom. The predicted molar refractivity (Wildman–Crippen MR) is 70.7 cm³/mol. The van der Waals surface area contributed by atoms with Gasteiger partial charge in [0.2, 0.25) is 0 Å². The molecule has 1 aromatic carbocycles. The third-order valence-corrected chi connectivity index (χ3v) is 3.47. The van der Waals surface area contributed by atoms with Gasteiger partial charge in [0.1, 0.15) is 18.8 Å². The van der Waals surface area contributed by atoms with Gasteiger partial charge < -0.3 is 5.11 Å². The molecule has 2 rings (SSSR count). The van der Waals surface area contributed by atoms with E-state index in [-0.39, 0.29) is 0 Å². The second-order valence-corrected chi connectivity index (χ2v) is 5.01. The summed E-state index contributed by atoms with van der Waals surface area (Å²) in [6.07, 6.45) is 1.51. The van der Waals surface area contributed by atoms with E-state index in [9.17, 15) is 10.4 Å². The lowest BCUT2D eigenvalue weighted by Crippen LogP contribution is -2.36. The molecule has 2 unspecified atom stereocenters. The molecular formula is C12H10Cl2N4O. The normalized spacial score (nSPS) is 15.5. The SMILES string of the molecule is CC(C#N)(C(O)c1ccc(Cl)cc1Cl)n1cncn1. The summed E-state index contributed by atoms with van der Waals surface area (Å²) in [5, 5.41) is 24.5. The van der Waals surface area contributed by atoms with Crippen LogP contribution in [0.1, 0.15) is 18.6 Å². The molecule has 0 aliphatic rings. The molecule has 0 saturated heterocycles. The van der Waals surface area contributed by atoms with E-state index in [1.807, 2.05) is 6.07 Å². The van der Waals surface area contributed by atoms with Crippen molar-refractivity contribution >= 4 is 23.2 Å². The number of hydrogen-bond acceptors (Lipinski definition) is 4. The molecule has 5 nitrogen and oxygen atoms in total. The number of nitrogens with zero attached hydrogens (tertiary/aromatic N) is 4. The summed E-state index contributed by atoms with van der Waals surface area (Å²) in [6, 6.07) is 6.74. The first-order valence-corrected chi connectivity index (χ1v) is 6.14. The van der Waals surface area contributed by atoms with Crippen molar-refractivity contribution < 1.29 is 5.11 Å². The molecule has 2 atom stereocenters. The molecule has 98 valence electrons. The molecule has 0 bridgehead atoms. The molecule has 0 saturated carbocycles. The first kappa shape index (κ1) is 13.8. The fourth-order valence-electron chi connectivity index (χ4n) is 1.71. The van der Waals surface area contributed by atoms with Crippen molar-refractivity contribution in [1.29, 1.82) is 5.26 Å². The van der Waals surface area contributed by atoms with Gasteiger partial charge in [-0.15, -0.1) is 0 Å². The van der Waals surface area contributed by atoms with Crippen molar-refractivity contribution in [3.05, 3.63) is 46.5 Å². The van der Waals surface area contributed by atoms with Crippen molar-refractivity contribution in [3.8, 4) is 6.07 Å². The van der Waals surface area contributed by atoms with E-state index in [1.165, 1.54) is 23.4 Å². The van der Waals surface area contributed by atoms with E-state index in [0.29, 0.717) is 15.6 Å². The van der Waals surface area contributed by atoms with E-state index in [2.05, 4.69) is 10.1 Å². The Labute approximate surface area is 120 Å². The average molecular weight is 297 g/mol. The van der Waals surface area contributed by atoms with Crippen molar-refractivity contribution in [2.24, 2.45) is 0 Å². The van der Waals surface area contributed by atoms with Gasteiger partial charge in [0.05, 0.1) is 6.07 Å². The fraction of sp³-hybridized carbons (Fsp3) is 0.250. The van der Waals surface area contributed by atoms with Gasteiger partial charge in [-0.05, 0) is 19.1 Å². The molecule has 0 fully saturated rings. The van der Waals surface area contributed by atoms with E-state index in [4.69, 9.17) is 23.2 Å². The maximum Gasteiger partial charge on any atom is 0.177 e. The molecule has 1 heterocycles. The van der Waals surface area contributed by atoms with E-state index < -0.39 is 11.6 Å². The van der Waals surface area contributed by atoms with Crippen molar-refractivity contribution in [3.63, 3.8) is 0 Å². The number of rotatable bonds is 3. The number of aliphatic hydroxyl groups is 1. The highest BCUT2D eigenvalue weighted by Crippen LogP contribution is 2.36. The zero-order chi connectivity index (χ0) is 14.0. The lowest BCUT2D eigenvalue weighted by molar-refractivity contribution is 0.0727. The first-order valence-electron chi connectivity index (χ1n) is 5.38. The van der Waals surface area contributed by atoms with Gasteiger partial charge in [0.25, 0.3) is 0 Å². The molecule has 0 aliphatic carbocycles. The van der Waals surface area contributed by atoms with E-state index >= 15 is 0 Å². The minimum absolute atomic E-state index is 0.293. The molecule has 0 amide bonds. The Hall–Kier alpha value is -1.61. The van der Waals surface area contributed by atoms with Gasteiger partial charge in [0, 0.05) is 15.6 Å². The number of benzene rings is 1. The highest BCUT2D eigenvalue weighted by molar-refractivity contribution is 6.35. The summed E-state index contributed by atoms with van der Waals surface area (Å²) in [7, 11) is 0. The van der Waals surface area contributed by atoms with Crippen LogP contribution in [0.3, 0.4) is 0 Å². The van der Waals surface area contributed by atoms with Gasteiger partial charge in [-0.2, -0.15) is 10.4 Å². The Morgan fingerprint density at radius 1 is 1.47 bits per heavy atom. The summed E-state index contributed by atoms with van der Waals surface area (Å²) >= 11 is 11.9. The average Bonchev–Trinajstić information content (AvgIpc) is 2.91. The summed E-state index contributed by atoms with van der Waals surface area (Å²) in [4.78, 5) is 3.78. The topological polar surface area (TPSA) is 74.7 Å².